The summed E-state index contributed by atoms with van der Waals surface area (Å²) in [5.74, 6) is 0.675. The summed E-state index contributed by atoms with van der Waals surface area (Å²) in [6.07, 6.45) is 6.01. The number of amides is 1. The van der Waals surface area contributed by atoms with Crippen LogP contribution in [0.5, 0.6) is 5.75 Å². The van der Waals surface area contributed by atoms with E-state index in [4.69, 9.17) is 4.74 Å². The Hall–Kier alpha value is -2.40. The van der Waals surface area contributed by atoms with Crippen molar-refractivity contribution in [3.63, 3.8) is 0 Å². The SMILES string of the molecule is COc1cc2c(cc1C(=O)NC(c1ccccn1)C1CC(O)C1)CCC2. The van der Waals surface area contributed by atoms with E-state index >= 15 is 0 Å². The fraction of sp³-hybridized carbons (Fsp3) is 0.429. The maximum Gasteiger partial charge on any atom is 0.255 e. The third kappa shape index (κ3) is 3.19. The maximum atomic E-state index is 13.1. The van der Waals surface area contributed by atoms with Crippen molar-refractivity contribution in [2.45, 2.75) is 44.2 Å². The summed E-state index contributed by atoms with van der Waals surface area (Å²) in [5.41, 5.74) is 3.93. The van der Waals surface area contributed by atoms with E-state index in [2.05, 4.69) is 10.3 Å². The van der Waals surface area contributed by atoms with Gasteiger partial charge in [-0.25, -0.2) is 0 Å². The minimum atomic E-state index is -0.280. The van der Waals surface area contributed by atoms with Gasteiger partial charge in [0.25, 0.3) is 5.91 Å². The van der Waals surface area contributed by atoms with E-state index in [0.717, 1.165) is 25.0 Å². The van der Waals surface area contributed by atoms with Crippen LogP contribution in [0.1, 0.15) is 52.5 Å². The molecule has 0 radical (unpaired) electrons. The number of methoxy groups -OCH3 is 1. The number of carbonyl (C=O) groups excluding carboxylic acids is 1. The number of aliphatic hydroxyl groups excluding tert-OH is 1. The number of ether oxygens (including phenoxy) is 1. The highest BCUT2D eigenvalue weighted by Gasteiger charge is 2.36. The standard InChI is InChI=1S/C21H24N2O3/c1-26-19-12-14-6-4-5-13(14)11-17(19)21(25)23-20(15-9-16(24)10-15)18-7-2-3-8-22-18/h2-3,7-8,11-12,15-16,20,24H,4-6,9-10H2,1H3,(H,23,25). The minimum Gasteiger partial charge on any atom is -0.496 e. The second-order valence-electron chi connectivity index (χ2n) is 7.27. The van der Waals surface area contributed by atoms with Crippen LogP contribution in [-0.4, -0.2) is 29.2 Å². The van der Waals surface area contributed by atoms with Gasteiger partial charge in [0.1, 0.15) is 5.75 Å². The zero-order valence-electron chi connectivity index (χ0n) is 14.9. The number of aromatic nitrogens is 1. The predicted molar refractivity (Wildman–Crippen MR) is 98.2 cm³/mol. The van der Waals surface area contributed by atoms with Crippen molar-refractivity contribution in [2.24, 2.45) is 5.92 Å². The number of rotatable bonds is 5. The number of fused-ring (bicyclic) bond motifs is 1. The molecule has 1 saturated carbocycles. The van der Waals surface area contributed by atoms with Gasteiger partial charge in [0, 0.05) is 6.20 Å². The molecule has 136 valence electrons. The quantitative estimate of drug-likeness (QED) is 0.868. The lowest BCUT2D eigenvalue weighted by Gasteiger charge is -2.37. The van der Waals surface area contributed by atoms with Crippen molar-refractivity contribution in [1.82, 2.24) is 10.3 Å². The molecule has 2 aliphatic carbocycles. The van der Waals surface area contributed by atoms with Gasteiger partial charge in [-0.15, -0.1) is 0 Å². The first-order valence-electron chi connectivity index (χ1n) is 9.25. The number of benzene rings is 1. The zero-order valence-corrected chi connectivity index (χ0v) is 14.9. The molecule has 1 aromatic carbocycles. The fourth-order valence-electron chi connectivity index (χ4n) is 4.06. The number of nitrogens with zero attached hydrogens (tertiary/aromatic N) is 1. The molecular formula is C21H24N2O3. The van der Waals surface area contributed by atoms with Crippen molar-refractivity contribution in [1.29, 1.82) is 0 Å². The number of aliphatic hydroxyl groups is 1. The monoisotopic (exact) mass is 352 g/mol. The van der Waals surface area contributed by atoms with Gasteiger partial charge in [-0.1, -0.05) is 6.07 Å². The van der Waals surface area contributed by atoms with Gasteiger partial charge in [-0.05, 0) is 73.4 Å². The van der Waals surface area contributed by atoms with Crippen LogP contribution in [0, 0.1) is 5.92 Å². The highest BCUT2D eigenvalue weighted by atomic mass is 16.5. The second-order valence-corrected chi connectivity index (χ2v) is 7.27. The zero-order chi connectivity index (χ0) is 18.1. The molecule has 2 N–H and O–H groups in total. The molecule has 1 aromatic heterocycles. The van der Waals surface area contributed by atoms with Gasteiger partial charge in [0.15, 0.2) is 0 Å². The van der Waals surface area contributed by atoms with E-state index in [1.807, 2.05) is 30.3 Å². The molecule has 1 fully saturated rings. The summed E-state index contributed by atoms with van der Waals surface area (Å²) >= 11 is 0. The number of hydrogen-bond donors (Lipinski definition) is 2. The first kappa shape index (κ1) is 17.0. The van der Waals surface area contributed by atoms with Crippen LogP contribution in [0.25, 0.3) is 0 Å². The molecule has 4 rings (SSSR count). The topological polar surface area (TPSA) is 71.5 Å². The van der Waals surface area contributed by atoms with E-state index in [-0.39, 0.29) is 24.0 Å². The molecule has 0 aliphatic heterocycles. The molecule has 0 bridgehead atoms. The largest absolute Gasteiger partial charge is 0.496 e. The first-order valence-corrected chi connectivity index (χ1v) is 9.25. The summed E-state index contributed by atoms with van der Waals surface area (Å²) in [6, 6.07) is 9.48. The van der Waals surface area contributed by atoms with Crippen molar-refractivity contribution < 1.29 is 14.6 Å². The number of hydrogen-bond acceptors (Lipinski definition) is 4. The molecule has 1 amide bonds. The molecule has 2 aliphatic rings. The van der Waals surface area contributed by atoms with E-state index in [1.165, 1.54) is 11.1 Å². The summed E-state index contributed by atoms with van der Waals surface area (Å²) < 4.78 is 5.48. The Morgan fingerprint density at radius 3 is 2.69 bits per heavy atom. The molecule has 0 saturated heterocycles. The lowest BCUT2D eigenvalue weighted by Crippen LogP contribution is -2.41. The Labute approximate surface area is 153 Å². The van der Waals surface area contributed by atoms with Crippen LogP contribution in [0.2, 0.25) is 0 Å². The van der Waals surface area contributed by atoms with Crippen LogP contribution < -0.4 is 10.1 Å². The molecule has 5 nitrogen and oxygen atoms in total. The highest BCUT2D eigenvalue weighted by molar-refractivity contribution is 5.97. The molecular weight excluding hydrogens is 328 g/mol. The molecule has 1 atom stereocenters. The number of carbonyl (C=O) groups is 1. The summed E-state index contributed by atoms with van der Waals surface area (Å²) in [6.45, 7) is 0. The molecule has 5 heteroatoms. The van der Waals surface area contributed by atoms with Crippen LogP contribution >= 0.6 is 0 Å². The van der Waals surface area contributed by atoms with Gasteiger partial charge < -0.3 is 15.2 Å². The summed E-state index contributed by atoms with van der Waals surface area (Å²) in [5, 5.41) is 12.8. The lowest BCUT2D eigenvalue weighted by atomic mass is 9.76. The van der Waals surface area contributed by atoms with Crippen molar-refractivity contribution in [2.75, 3.05) is 7.11 Å². The summed E-state index contributed by atoms with van der Waals surface area (Å²) in [4.78, 5) is 17.5. The number of pyridine rings is 1. The maximum absolute atomic E-state index is 13.1. The molecule has 26 heavy (non-hydrogen) atoms. The van der Waals surface area contributed by atoms with Gasteiger partial charge in [-0.3, -0.25) is 9.78 Å². The van der Waals surface area contributed by atoms with E-state index in [9.17, 15) is 9.90 Å². The molecule has 0 spiro atoms. The van der Waals surface area contributed by atoms with E-state index in [1.54, 1.807) is 13.3 Å². The third-order valence-electron chi connectivity index (χ3n) is 5.57. The van der Waals surface area contributed by atoms with Crippen LogP contribution in [0.4, 0.5) is 0 Å². The van der Waals surface area contributed by atoms with Crippen LogP contribution in [0.3, 0.4) is 0 Å². The smallest absolute Gasteiger partial charge is 0.255 e. The van der Waals surface area contributed by atoms with Gasteiger partial charge in [0.05, 0.1) is 30.5 Å². The predicted octanol–water partition coefficient (Wildman–Crippen LogP) is 2.82. The van der Waals surface area contributed by atoms with Gasteiger partial charge in [-0.2, -0.15) is 0 Å². The fourth-order valence-corrected chi connectivity index (χ4v) is 4.06. The van der Waals surface area contributed by atoms with Crippen LogP contribution in [-0.2, 0) is 12.8 Å². The van der Waals surface area contributed by atoms with Crippen molar-refractivity contribution in [3.05, 3.63) is 58.9 Å². The van der Waals surface area contributed by atoms with E-state index in [0.29, 0.717) is 24.2 Å². The average molecular weight is 352 g/mol. The average Bonchev–Trinajstić information content (AvgIpc) is 3.10. The Morgan fingerprint density at radius 1 is 1.27 bits per heavy atom. The number of nitrogens with one attached hydrogen (secondary N) is 1. The molecule has 2 aromatic rings. The molecule has 1 unspecified atom stereocenters. The first-order chi connectivity index (χ1) is 12.7. The van der Waals surface area contributed by atoms with E-state index < -0.39 is 0 Å². The summed E-state index contributed by atoms with van der Waals surface area (Å²) in [7, 11) is 1.60. The van der Waals surface area contributed by atoms with Gasteiger partial charge in [0.2, 0.25) is 0 Å². The van der Waals surface area contributed by atoms with Crippen molar-refractivity contribution in [3.8, 4) is 5.75 Å². The third-order valence-corrected chi connectivity index (χ3v) is 5.57. The minimum absolute atomic E-state index is 0.145. The number of aryl methyl sites for hydroxylation is 2. The van der Waals surface area contributed by atoms with Crippen molar-refractivity contribution >= 4 is 5.91 Å². The Bertz CT molecular complexity index is 800. The second kappa shape index (κ2) is 7.08. The lowest BCUT2D eigenvalue weighted by molar-refractivity contribution is 0.0228. The Balaban J connectivity index is 1.61. The Morgan fingerprint density at radius 2 is 2.04 bits per heavy atom. The highest BCUT2D eigenvalue weighted by Crippen LogP contribution is 2.38. The van der Waals surface area contributed by atoms with Crippen LogP contribution in [0.15, 0.2) is 36.5 Å². The molecule has 1 heterocycles. The Kier molecular flexibility index (Phi) is 4.64. The normalized spacial score (nSPS) is 22.2. The van der Waals surface area contributed by atoms with Gasteiger partial charge >= 0.3 is 0 Å².